The van der Waals surface area contributed by atoms with Crippen molar-refractivity contribution in [2.24, 2.45) is 0 Å². The summed E-state index contributed by atoms with van der Waals surface area (Å²) in [7, 11) is 0. The molecule has 3 rings (SSSR count). The third-order valence-electron chi connectivity index (χ3n) is 4.71. The van der Waals surface area contributed by atoms with Gasteiger partial charge < -0.3 is 10.1 Å². The molecule has 1 N–H and O–H groups in total. The van der Waals surface area contributed by atoms with Gasteiger partial charge >= 0.3 is 5.97 Å². The summed E-state index contributed by atoms with van der Waals surface area (Å²) < 4.78 is 5.16. The Kier molecular flexibility index (Phi) is 3.57. The minimum Gasteiger partial charge on any atom is -0.464 e. The van der Waals surface area contributed by atoms with E-state index in [4.69, 9.17) is 4.74 Å². The Bertz CT molecular complexity index is 309. The van der Waals surface area contributed by atoms with Gasteiger partial charge in [-0.3, -0.25) is 9.69 Å². The smallest absolute Gasteiger partial charge is 0.323 e. The summed E-state index contributed by atoms with van der Waals surface area (Å²) in [5.41, 5.74) is 0. The molecule has 3 saturated heterocycles. The highest BCUT2D eigenvalue weighted by Gasteiger charge is 2.41. The van der Waals surface area contributed by atoms with Crippen LogP contribution in [0.2, 0.25) is 0 Å². The summed E-state index contributed by atoms with van der Waals surface area (Å²) in [6, 6.07) is 1.99. The molecule has 0 aromatic rings. The maximum Gasteiger partial charge on any atom is 0.323 e. The predicted octanol–water partition coefficient (Wildman–Crippen LogP) is 1.30. The second-order valence-corrected chi connectivity index (χ2v) is 5.97. The number of fused-ring (bicyclic) bond motifs is 2. The topological polar surface area (TPSA) is 41.6 Å². The summed E-state index contributed by atoms with van der Waals surface area (Å²) in [5.74, 6) is 0.00864. The molecule has 4 nitrogen and oxygen atoms in total. The lowest BCUT2D eigenvalue weighted by atomic mass is 9.96. The number of carbonyl (C=O) groups is 1. The molecule has 18 heavy (non-hydrogen) atoms. The molecule has 2 bridgehead atoms. The van der Waals surface area contributed by atoms with Crippen LogP contribution in [0.1, 0.15) is 45.4 Å². The third-order valence-corrected chi connectivity index (χ3v) is 4.71. The first-order chi connectivity index (χ1) is 8.78. The first-order valence-electron chi connectivity index (χ1n) is 7.46. The number of hydrogen-bond acceptors (Lipinski definition) is 4. The lowest BCUT2D eigenvalue weighted by Crippen LogP contribution is -2.53. The summed E-state index contributed by atoms with van der Waals surface area (Å²) >= 11 is 0. The van der Waals surface area contributed by atoms with E-state index in [-0.39, 0.29) is 12.0 Å². The normalized spacial score (nSPS) is 39.3. The number of carbonyl (C=O) groups excluding carboxylic acids is 1. The van der Waals surface area contributed by atoms with Crippen molar-refractivity contribution < 1.29 is 9.53 Å². The Labute approximate surface area is 109 Å². The van der Waals surface area contributed by atoms with Gasteiger partial charge in [-0.2, -0.15) is 0 Å². The van der Waals surface area contributed by atoms with Gasteiger partial charge in [-0.1, -0.05) is 6.92 Å². The van der Waals surface area contributed by atoms with Crippen molar-refractivity contribution >= 4 is 5.97 Å². The summed E-state index contributed by atoms with van der Waals surface area (Å²) in [4.78, 5) is 14.3. The molecule has 3 aliphatic heterocycles. The maximum atomic E-state index is 11.8. The highest BCUT2D eigenvalue weighted by molar-refractivity contribution is 5.77. The van der Waals surface area contributed by atoms with Crippen LogP contribution >= 0.6 is 0 Å². The molecule has 3 heterocycles. The molecular weight excluding hydrogens is 228 g/mol. The van der Waals surface area contributed by atoms with Crippen molar-refractivity contribution in [1.29, 1.82) is 0 Å². The van der Waals surface area contributed by atoms with Crippen LogP contribution in [0.4, 0.5) is 0 Å². The molecule has 0 saturated carbocycles. The lowest BCUT2D eigenvalue weighted by molar-refractivity contribution is -0.143. The fourth-order valence-corrected chi connectivity index (χ4v) is 3.94. The van der Waals surface area contributed by atoms with Crippen molar-refractivity contribution in [2.75, 3.05) is 13.2 Å². The van der Waals surface area contributed by atoms with Gasteiger partial charge in [0, 0.05) is 24.5 Å². The molecule has 0 aromatic carbocycles. The SMILES string of the molecule is CCCN(C1CC2CCC(C1)N2)C1CCOC1=O. The Hall–Kier alpha value is -0.610. The van der Waals surface area contributed by atoms with Gasteiger partial charge in [0.05, 0.1) is 6.61 Å². The molecular formula is C14H24N2O2. The summed E-state index contributed by atoms with van der Waals surface area (Å²) in [6.45, 7) is 3.84. The Balaban J connectivity index is 1.70. The van der Waals surface area contributed by atoms with Crippen LogP contribution < -0.4 is 5.32 Å². The molecule has 0 aliphatic carbocycles. The number of nitrogens with one attached hydrogen (secondary N) is 1. The number of rotatable bonds is 4. The van der Waals surface area contributed by atoms with Crippen LogP contribution in [0.3, 0.4) is 0 Å². The molecule has 0 radical (unpaired) electrons. The zero-order valence-corrected chi connectivity index (χ0v) is 11.2. The van der Waals surface area contributed by atoms with Gasteiger partial charge in [-0.05, 0) is 38.6 Å². The van der Waals surface area contributed by atoms with E-state index in [0.29, 0.717) is 24.7 Å². The van der Waals surface area contributed by atoms with E-state index in [9.17, 15) is 4.79 Å². The van der Waals surface area contributed by atoms with Gasteiger partial charge in [0.1, 0.15) is 6.04 Å². The van der Waals surface area contributed by atoms with E-state index < -0.39 is 0 Å². The molecule has 102 valence electrons. The van der Waals surface area contributed by atoms with Gasteiger partial charge in [0.25, 0.3) is 0 Å². The molecule has 0 aromatic heterocycles. The standard InChI is InChI=1S/C14H24N2O2/c1-2-6-16(13-5-7-18-14(13)17)12-8-10-3-4-11(9-12)15-10/h10-13,15H,2-9H2,1H3. The van der Waals surface area contributed by atoms with Crippen LogP contribution in [-0.2, 0) is 9.53 Å². The first-order valence-corrected chi connectivity index (χ1v) is 7.46. The van der Waals surface area contributed by atoms with Crippen LogP contribution in [-0.4, -0.2) is 48.2 Å². The van der Waals surface area contributed by atoms with E-state index in [1.165, 1.54) is 25.7 Å². The monoisotopic (exact) mass is 252 g/mol. The molecule has 3 aliphatic rings. The molecule has 3 atom stereocenters. The lowest BCUT2D eigenvalue weighted by Gasteiger charge is -2.39. The molecule has 0 spiro atoms. The van der Waals surface area contributed by atoms with Crippen molar-refractivity contribution in [2.45, 2.75) is 69.6 Å². The van der Waals surface area contributed by atoms with E-state index in [2.05, 4.69) is 17.1 Å². The number of esters is 1. The summed E-state index contributed by atoms with van der Waals surface area (Å²) in [6.07, 6.45) is 7.05. The van der Waals surface area contributed by atoms with Gasteiger partial charge in [0.15, 0.2) is 0 Å². The highest BCUT2D eigenvalue weighted by atomic mass is 16.5. The van der Waals surface area contributed by atoms with Gasteiger partial charge in [0.2, 0.25) is 0 Å². The number of ether oxygens (including phenoxy) is 1. The quantitative estimate of drug-likeness (QED) is 0.766. The van der Waals surface area contributed by atoms with Gasteiger partial charge in [-0.15, -0.1) is 0 Å². The Morgan fingerprint density at radius 2 is 2.00 bits per heavy atom. The average Bonchev–Trinajstić information content (AvgIpc) is 2.93. The van der Waals surface area contributed by atoms with Crippen LogP contribution in [0.15, 0.2) is 0 Å². The van der Waals surface area contributed by atoms with Crippen molar-refractivity contribution in [3.8, 4) is 0 Å². The molecule has 4 heteroatoms. The fourth-order valence-electron chi connectivity index (χ4n) is 3.94. The Morgan fingerprint density at radius 1 is 1.28 bits per heavy atom. The number of piperidine rings is 1. The minimum atomic E-state index is 0.00864. The molecule has 3 unspecified atom stereocenters. The van der Waals surface area contributed by atoms with Crippen LogP contribution in [0.25, 0.3) is 0 Å². The number of cyclic esters (lactones) is 1. The van der Waals surface area contributed by atoms with E-state index in [1.807, 2.05) is 0 Å². The van der Waals surface area contributed by atoms with E-state index >= 15 is 0 Å². The second kappa shape index (κ2) is 5.17. The van der Waals surface area contributed by atoms with Crippen molar-refractivity contribution in [1.82, 2.24) is 10.2 Å². The maximum absolute atomic E-state index is 11.8. The summed E-state index contributed by atoms with van der Waals surface area (Å²) in [5, 5.41) is 3.68. The van der Waals surface area contributed by atoms with Gasteiger partial charge in [-0.25, -0.2) is 0 Å². The third kappa shape index (κ3) is 2.28. The second-order valence-electron chi connectivity index (χ2n) is 5.97. The predicted molar refractivity (Wildman–Crippen MR) is 69.3 cm³/mol. The highest BCUT2D eigenvalue weighted by Crippen LogP contribution is 2.32. The zero-order chi connectivity index (χ0) is 12.5. The largest absolute Gasteiger partial charge is 0.464 e. The van der Waals surface area contributed by atoms with Crippen LogP contribution in [0.5, 0.6) is 0 Å². The minimum absolute atomic E-state index is 0.00864. The van der Waals surface area contributed by atoms with Crippen LogP contribution in [0, 0.1) is 0 Å². The first kappa shape index (κ1) is 12.4. The number of nitrogens with zero attached hydrogens (tertiary/aromatic N) is 1. The molecule has 3 fully saturated rings. The number of hydrogen-bond donors (Lipinski definition) is 1. The average molecular weight is 252 g/mol. The zero-order valence-electron chi connectivity index (χ0n) is 11.2. The fraction of sp³-hybridized carbons (Fsp3) is 0.929. The van der Waals surface area contributed by atoms with E-state index in [1.54, 1.807) is 0 Å². The Morgan fingerprint density at radius 3 is 2.56 bits per heavy atom. The van der Waals surface area contributed by atoms with Crippen molar-refractivity contribution in [3.63, 3.8) is 0 Å². The van der Waals surface area contributed by atoms with E-state index in [0.717, 1.165) is 19.4 Å². The van der Waals surface area contributed by atoms with Crippen molar-refractivity contribution in [3.05, 3.63) is 0 Å². The molecule has 0 amide bonds.